The van der Waals surface area contributed by atoms with Crippen molar-refractivity contribution in [3.05, 3.63) is 23.8 Å². The van der Waals surface area contributed by atoms with E-state index in [1.165, 1.54) is 32.1 Å². The Morgan fingerprint density at radius 2 is 1.82 bits per heavy atom. The summed E-state index contributed by atoms with van der Waals surface area (Å²) >= 11 is 0. The van der Waals surface area contributed by atoms with Gasteiger partial charge in [0.2, 0.25) is 0 Å². The van der Waals surface area contributed by atoms with Gasteiger partial charge in [0, 0.05) is 24.8 Å². The van der Waals surface area contributed by atoms with Gasteiger partial charge in [0.1, 0.15) is 11.9 Å². The van der Waals surface area contributed by atoms with Crippen LogP contribution in [0.3, 0.4) is 0 Å². The summed E-state index contributed by atoms with van der Waals surface area (Å²) < 4.78 is 11.4. The van der Waals surface area contributed by atoms with E-state index in [1.54, 1.807) is 25.3 Å². The van der Waals surface area contributed by atoms with E-state index in [0.29, 0.717) is 40.7 Å². The van der Waals surface area contributed by atoms with E-state index >= 15 is 0 Å². The first kappa shape index (κ1) is 24.9. The maximum atomic E-state index is 13.3. The fraction of sp³-hybridized carbons (Fsp3) is 0.714. The third kappa shape index (κ3) is 5.69. The number of amides is 2. The van der Waals surface area contributed by atoms with Crippen LogP contribution >= 0.6 is 0 Å². The van der Waals surface area contributed by atoms with Crippen LogP contribution in [0.4, 0.5) is 10.5 Å². The number of rotatable bonds is 5. The average molecular weight is 471 g/mol. The second-order valence-corrected chi connectivity index (χ2v) is 11.2. The summed E-state index contributed by atoms with van der Waals surface area (Å²) in [6.45, 7) is 8.28. The molecule has 1 aromatic rings. The van der Waals surface area contributed by atoms with E-state index < -0.39 is 6.09 Å². The zero-order valence-corrected chi connectivity index (χ0v) is 21.3. The highest BCUT2D eigenvalue weighted by Gasteiger charge is 2.35. The number of methoxy groups -OCH3 is 1. The quantitative estimate of drug-likeness (QED) is 0.544. The molecular formula is C28H42N2O4. The number of nitrogens with one attached hydrogen (secondary N) is 1. The molecule has 1 aliphatic heterocycles. The molecule has 6 nitrogen and oxygen atoms in total. The molecule has 1 heterocycles. The van der Waals surface area contributed by atoms with E-state index in [2.05, 4.69) is 26.1 Å². The Morgan fingerprint density at radius 1 is 1.06 bits per heavy atom. The summed E-state index contributed by atoms with van der Waals surface area (Å²) in [7, 11) is 1.57. The van der Waals surface area contributed by atoms with Crippen LogP contribution in [-0.2, 0) is 4.74 Å². The van der Waals surface area contributed by atoms with Crippen LogP contribution in [0.15, 0.2) is 18.2 Å². The molecule has 2 amide bonds. The number of carbonyl (C=O) groups is 2. The van der Waals surface area contributed by atoms with Gasteiger partial charge >= 0.3 is 6.09 Å². The molecule has 3 aliphatic rings. The Balaban J connectivity index is 1.39. The van der Waals surface area contributed by atoms with E-state index in [0.717, 1.165) is 38.3 Å². The van der Waals surface area contributed by atoms with Gasteiger partial charge in [0.25, 0.3) is 5.91 Å². The Labute approximate surface area is 204 Å². The molecule has 5 atom stereocenters. The number of ether oxygens (including phenoxy) is 2. The van der Waals surface area contributed by atoms with Crippen molar-refractivity contribution >= 4 is 17.7 Å². The van der Waals surface area contributed by atoms with Crippen LogP contribution in [-0.4, -0.2) is 43.2 Å². The lowest BCUT2D eigenvalue weighted by atomic mass is 9.75. The van der Waals surface area contributed by atoms with Crippen LogP contribution in [0.25, 0.3) is 0 Å². The SMILES string of the molecule is COc1cc(NC(=O)OC2C[C@@H](C)CCC2C(C)C)ccc1C(=O)N1CC[C@@H]2CCCCC2C1. The van der Waals surface area contributed by atoms with Crippen LogP contribution < -0.4 is 10.1 Å². The van der Waals surface area contributed by atoms with Gasteiger partial charge in [-0.1, -0.05) is 46.5 Å². The molecule has 0 spiro atoms. The number of piperidine rings is 1. The summed E-state index contributed by atoms with van der Waals surface area (Å²) in [5, 5.41) is 2.86. The molecule has 34 heavy (non-hydrogen) atoms. The number of carbonyl (C=O) groups excluding carboxylic acids is 2. The summed E-state index contributed by atoms with van der Waals surface area (Å²) in [5.74, 6) is 3.35. The number of anilines is 1. The Bertz CT molecular complexity index is 870. The molecule has 1 saturated heterocycles. The van der Waals surface area contributed by atoms with Crippen molar-refractivity contribution in [1.82, 2.24) is 4.90 Å². The molecule has 2 aliphatic carbocycles. The van der Waals surface area contributed by atoms with Crippen LogP contribution in [0.2, 0.25) is 0 Å². The third-order valence-electron chi connectivity index (χ3n) is 8.48. The van der Waals surface area contributed by atoms with Crippen molar-refractivity contribution < 1.29 is 19.1 Å². The van der Waals surface area contributed by atoms with Gasteiger partial charge in [0.05, 0.1) is 12.7 Å². The first-order valence-electron chi connectivity index (χ1n) is 13.3. The van der Waals surface area contributed by atoms with Gasteiger partial charge < -0.3 is 14.4 Å². The Morgan fingerprint density at radius 3 is 2.56 bits per heavy atom. The van der Waals surface area contributed by atoms with Gasteiger partial charge in [-0.15, -0.1) is 0 Å². The molecule has 2 saturated carbocycles. The van der Waals surface area contributed by atoms with Gasteiger partial charge in [0.15, 0.2) is 0 Å². The third-order valence-corrected chi connectivity index (χ3v) is 8.48. The molecular weight excluding hydrogens is 428 g/mol. The lowest BCUT2D eigenvalue weighted by molar-refractivity contribution is 0.0126. The second kappa shape index (κ2) is 11.0. The maximum absolute atomic E-state index is 13.3. The molecule has 0 bridgehead atoms. The van der Waals surface area contributed by atoms with Crippen molar-refractivity contribution in [3.8, 4) is 5.75 Å². The van der Waals surface area contributed by atoms with Crippen LogP contribution in [0.1, 0.15) is 82.5 Å². The fourth-order valence-electron chi connectivity index (χ4n) is 6.44. The van der Waals surface area contributed by atoms with Gasteiger partial charge in [-0.3, -0.25) is 10.1 Å². The Kier molecular flexibility index (Phi) is 8.05. The molecule has 0 radical (unpaired) electrons. The van der Waals surface area contributed by atoms with Gasteiger partial charge in [-0.05, 0) is 67.4 Å². The van der Waals surface area contributed by atoms with E-state index in [1.807, 2.05) is 4.90 Å². The molecule has 0 aromatic heterocycles. The average Bonchev–Trinajstić information content (AvgIpc) is 2.83. The highest BCUT2D eigenvalue weighted by atomic mass is 16.6. The number of hydrogen-bond acceptors (Lipinski definition) is 4. The largest absolute Gasteiger partial charge is 0.496 e. The molecule has 3 unspecified atom stereocenters. The molecule has 6 heteroatoms. The Hall–Kier alpha value is -2.24. The lowest BCUT2D eigenvalue weighted by Crippen LogP contribution is -2.44. The topological polar surface area (TPSA) is 67.9 Å². The molecule has 3 fully saturated rings. The van der Waals surface area contributed by atoms with Crippen molar-refractivity contribution in [1.29, 1.82) is 0 Å². The summed E-state index contributed by atoms with van der Waals surface area (Å²) in [5.41, 5.74) is 1.13. The van der Waals surface area contributed by atoms with Crippen molar-refractivity contribution in [2.75, 3.05) is 25.5 Å². The smallest absolute Gasteiger partial charge is 0.411 e. The van der Waals surface area contributed by atoms with Crippen LogP contribution in [0, 0.1) is 29.6 Å². The zero-order chi connectivity index (χ0) is 24.2. The molecule has 1 N–H and O–H groups in total. The molecule has 188 valence electrons. The highest BCUT2D eigenvalue weighted by molar-refractivity contribution is 5.98. The lowest BCUT2D eigenvalue weighted by Gasteiger charge is -2.41. The molecule has 1 aromatic carbocycles. The predicted octanol–water partition coefficient (Wildman–Crippen LogP) is 6.36. The molecule has 4 rings (SSSR count). The highest BCUT2D eigenvalue weighted by Crippen LogP contribution is 2.38. The maximum Gasteiger partial charge on any atom is 0.411 e. The first-order chi connectivity index (χ1) is 16.4. The number of benzene rings is 1. The predicted molar refractivity (Wildman–Crippen MR) is 134 cm³/mol. The summed E-state index contributed by atoms with van der Waals surface area (Å²) in [6, 6.07) is 5.27. The number of fused-ring (bicyclic) bond motifs is 1. The number of likely N-dealkylation sites (tertiary alicyclic amines) is 1. The van der Waals surface area contributed by atoms with Gasteiger partial charge in [-0.2, -0.15) is 0 Å². The number of hydrogen-bond donors (Lipinski definition) is 1. The zero-order valence-electron chi connectivity index (χ0n) is 21.3. The standard InChI is InChI=1S/C28H42N2O4/c1-18(2)23-11-9-19(3)15-26(23)34-28(32)29-22-10-12-24(25(16-22)33-4)27(31)30-14-13-20-7-5-6-8-21(20)17-30/h10,12,16,18-21,23,26H,5-9,11,13-15,17H2,1-4H3,(H,29,32)/t19-,20-,21?,23?,26?/m0/s1. The normalized spacial score (nSPS) is 29.3. The fourth-order valence-corrected chi connectivity index (χ4v) is 6.44. The van der Waals surface area contributed by atoms with E-state index in [-0.39, 0.29) is 12.0 Å². The van der Waals surface area contributed by atoms with Crippen molar-refractivity contribution in [2.45, 2.75) is 78.2 Å². The van der Waals surface area contributed by atoms with Crippen LogP contribution in [0.5, 0.6) is 5.75 Å². The van der Waals surface area contributed by atoms with Gasteiger partial charge in [-0.25, -0.2) is 4.79 Å². The second-order valence-electron chi connectivity index (χ2n) is 11.2. The minimum absolute atomic E-state index is 0.0194. The summed E-state index contributed by atoms with van der Waals surface area (Å²) in [6.07, 6.45) is 8.94. The minimum Gasteiger partial charge on any atom is -0.496 e. The number of nitrogens with zero attached hydrogens (tertiary/aromatic N) is 1. The first-order valence-corrected chi connectivity index (χ1v) is 13.3. The minimum atomic E-state index is -0.440. The monoisotopic (exact) mass is 470 g/mol. The summed E-state index contributed by atoms with van der Waals surface area (Å²) in [4.78, 5) is 28.0. The van der Waals surface area contributed by atoms with Crippen molar-refractivity contribution in [3.63, 3.8) is 0 Å². The van der Waals surface area contributed by atoms with E-state index in [9.17, 15) is 9.59 Å². The van der Waals surface area contributed by atoms with E-state index in [4.69, 9.17) is 9.47 Å². The van der Waals surface area contributed by atoms with Crippen molar-refractivity contribution in [2.24, 2.45) is 29.6 Å².